The molecule has 0 fully saturated rings. The number of aryl methyl sites for hydroxylation is 2. The van der Waals surface area contributed by atoms with Crippen LogP contribution in [0.3, 0.4) is 0 Å². The second-order valence-electron chi connectivity index (χ2n) is 5.97. The van der Waals surface area contributed by atoms with E-state index in [1.54, 1.807) is 6.07 Å². The second-order valence-corrected chi connectivity index (χ2v) is 7.17. The third-order valence-corrected chi connectivity index (χ3v) is 4.09. The summed E-state index contributed by atoms with van der Waals surface area (Å²) in [7, 11) is 0. The summed E-state index contributed by atoms with van der Waals surface area (Å²) in [5.74, 6) is -0.453. The predicted octanol–water partition coefficient (Wildman–Crippen LogP) is 3.89. The fourth-order valence-corrected chi connectivity index (χ4v) is 2.56. The van der Waals surface area contributed by atoms with Gasteiger partial charge in [0.2, 0.25) is 0 Å². The van der Waals surface area contributed by atoms with Crippen LogP contribution in [0.5, 0.6) is 0 Å². The van der Waals surface area contributed by atoms with Crippen LogP contribution in [0.1, 0.15) is 47.4 Å². The smallest absolute Gasteiger partial charge is 0.335 e. The zero-order valence-electron chi connectivity index (χ0n) is 12.8. The summed E-state index contributed by atoms with van der Waals surface area (Å²) in [5, 5.41) is 13.1. The normalized spacial score (nSPS) is 11.5. The molecule has 2 aromatic heterocycles. The molecular weight excluding hydrogens is 286 g/mol. The van der Waals surface area contributed by atoms with Gasteiger partial charge in [0.1, 0.15) is 5.82 Å². The molecule has 0 saturated heterocycles. The molecular formula is C15H19N3O2S. The summed E-state index contributed by atoms with van der Waals surface area (Å²) in [6.45, 7) is 9.95. The van der Waals surface area contributed by atoms with Crippen molar-refractivity contribution in [2.45, 2.75) is 40.0 Å². The van der Waals surface area contributed by atoms with Crippen molar-refractivity contribution in [2.75, 3.05) is 5.32 Å². The molecule has 0 aliphatic heterocycles. The molecule has 21 heavy (non-hydrogen) atoms. The van der Waals surface area contributed by atoms with Crippen molar-refractivity contribution in [1.82, 2.24) is 9.97 Å². The molecule has 2 rings (SSSR count). The van der Waals surface area contributed by atoms with Crippen LogP contribution in [-0.2, 0) is 5.41 Å². The lowest BCUT2D eigenvalue weighted by atomic mass is 9.91. The number of hydrogen-bond donors (Lipinski definition) is 2. The number of anilines is 2. The van der Waals surface area contributed by atoms with E-state index in [1.165, 1.54) is 17.4 Å². The highest BCUT2D eigenvalue weighted by Gasteiger charge is 2.19. The molecule has 0 radical (unpaired) electrons. The van der Waals surface area contributed by atoms with Gasteiger partial charge in [-0.15, -0.1) is 11.3 Å². The number of carboxylic acid groups (broad SMARTS) is 1. The minimum absolute atomic E-state index is 0.224. The van der Waals surface area contributed by atoms with Gasteiger partial charge in [-0.3, -0.25) is 0 Å². The van der Waals surface area contributed by atoms with Gasteiger partial charge in [-0.05, 0) is 26.0 Å². The van der Waals surface area contributed by atoms with Crippen LogP contribution >= 0.6 is 11.3 Å². The Bertz CT molecular complexity index is 667. The number of thiazole rings is 1. The summed E-state index contributed by atoms with van der Waals surface area (Å²) in [6, 6.07) is 3.15. The molecule has 0 aromatic carbocycles. The zero-order chi connectivity index (χ0) is 15.8. The van der Waals surface area contributed by atoms with Gasteiger partial charge in [0, 0.05) is 16.0 Å². The van der Waals surface area contributed by atoms with Gasteiger partial charge >= 0.3 is 5.97 Å². The van der Waals surface area contributed by atoms with Crippen molar-refractivity contribution in [2.24, 2.45) is 0 Å². The Kier molecular flexibility index (Phi) is 4.00. The van der Waals surface area contributed by atoms with E-state index in [9.17, 15) is 9.90 Å². The van der Waals surface area contributed by atoms with Crippen molar-refractivity contribution in [3.05, 3.63) is 34.0 Å². The Morgan fingerprint density at radius 3 is 2.38 bits per heavy atom. The van der Waals surface area contributed by atoms with Gasteiger partial charge in [0.15, 0.2) is 5.13 Å². The maximum absolute atomic E-state index is 11.3. The largest absolute Gasteiger partial charge is 0.478 e. The Labute approximate surface area is 128 Å². The van der Waals surface area contributed by atoms with E-state index in [-0.39, 0.29) is 11.0 Å². The monoisotopic (exact) mass is 305 g/mol. The number of nitrogens with zero attached hydrogens (tertiary/aromatic N) is 2. The number of carboxylic acids is 1. The molecule has 0 aliphatic carbocycles. The molecule has 2 heterocycles. The van der Waals surface area contributed by atoms with Gasteiger partial charge in [-0.1, -0.05) is 20.8 Å². The van der Waals surface area contributed by atoms with E-state index in [4.69, 9.17) is 0 Å². The molecule has 0 bridgehead atoms. The molecule has 0 saturated carbocycles. The van der Waals surface area contributed by atoms with E-state index in [1.807, 2.05) is 34.6 Å². The summed E-state index contributed by atoms with van der Waals surface area (Å²) in [6.07, 6.45) is 0. The third-order valence-electron chi connectivity index (χ3n) is 3.10. The number of nitrogens with one attached hydrogen (secondary N) is 1. The maximum Gasteiger partial charge on any atom is 0.335 e. The molecule has 6 heteroatoms. The first kappa shape index (κ1) is 15.4. The molecule has 112 valence electrons. The molecule has 5 nitrogen and oxygen atoms in total. The fraction of sp³-hybridized carbons (Fsp3) is 0.400. The third kappa shape index (κ3) is 3.58. The van der Waals surface area contributed by atoms with Gasteiger partial charge in [-0.2, -0.15) is 0 Å². The highest BCUT2D eigenvalue weighted by molar-refractivity contribution is 7.15. The Balaban J connectivity index is 2.42. The Morgan fingerprint density at radius 2 is 1.90 bits per heavy atom. The van der Waals surface area contributed by atoms with Crippen LogP contribution in [0.25, 0.3) is 0 Å². The van der Waals surface area contributed by atoms with E-state index < -0.39 is 5.97 Å². The van der Waals surface area contributed by atoms with Crippen molar-refractivity contribution >= 4 is 28.3 Å². The van der Waals surface area contributed by atoms with Crippen LogP contribution < -0.4 is 5.32 Å². The van der Waals surface area contributed by atoms with Crippen molar-refractivity contribution in [3.8, 4) is 0 Å². The van der Waals surface area contributed by atoms with Crippen LogP contribution in [0.4, 0.5) is 10.9 Å². The summed E-state index contributed by atoms with van der Waals surface area (Å²) >= 11 is 1.53. The second kappa shape index (κ2) is 5.44. The van der Waals surface area contributed by atoms with Gasteiger partial charge in [0.25, 0.3) is 0 Å². The van der Waals surface area contributed by atoms with Gasteiger partial charge in [-0.25, -0.2) is 14.8 Å². The minimum atomic E-state index is -0.961. The lowest BCUT2D eigenvalue weighted by Crippen LogP contribution is -2.16. The van der Waals surface area contributed by atoms with Crippen molar-refractivity contribution in [1.29, 1.82) is 0 Å². The summed E-state index contributed by atoms with van der Waals surface area (Å²) in [4.78, 5) is 21.3. The topological polar surface area (TPSA) is 75.1 Å². The Morgan fingerprint density at radius 1 is 1.24 bits per heavy atom. The lowest BCUT2D eigenvalue weighted by Gasteiger charge is -2.19. The maximum atomic E-state index is 11.3. The minimum Gasteiger partial charge on any atom is -0.478 e. The first-order valence-electron chi connectivity index (χ1n) is 6.64. The molecule has 0 spiro atoms. The molecule has 0 unspecified atom stereocenters. The highest BCUT2D eigenvalue weighted by atomic mass is 32.1. The molecule has 0 amide bonds. The average Bonchev–Trinajstić information content (AvgIpc) is 2.66. The van der Waals surface area contributed by atoms with Gasteiger partial charge in [0.05, 0.1) is 11.3 Å². The van der Waals surface area contributed by atoms with E-state index in [0.29, 0.717) is 5.82 Å². The summed E-state index contributed by atoms with van der Waals surface area (Å²) in [5.41, 5.74) is 1.70. The number of pyridine rings is 1. The first-order valence-corrected chi connectivity index (χ1v) is 7.45. The van der Waals surface area contributed by atoms with Crippen LogP contribution in [0, 0.1) is 13.8 Å². The quantitative estimate of drug-likeness (QED) is 0.899. The van der Waals surface area contributed by atoms with Gasteiger partial charge < -0.3 is 10.4 Å². The van der Waals surface area contributed by atoms with Crippen LogP contribution in [0.2, 0.25) is 0 Å². The predicted molar refractivity (Wildman–Crippen MR) is 84.8 cm³/mol. The van der Waals surface area contributed by atoms with Crippen molar-refractivity contribution < 1.29 is 9.90 Å². The molecule has 2 aromatic rings. The molecule has 2 N–H and O–H groups in total. The first-order chi connectivity index (χ1) is 9.66. The zero-order valence-corrected chi connectivity index (χ0v) is 13.6. The lowest BCUT2D eigenvalue weighted by molar-refractivity contribution is 0.0696. The van der Waals surface area contributed by atoms with Crippen LogP contribution in [0.15, 0.2) is 12.1 Å². The highest BCUT2D eigenvalue weighted by Crippen LogP contribution is 2.27. The standard InChI is InChI=1S/C15H19N3O2S/c1-8-9(2)21-14(16-8)18-12-7-10(13(19)20)6-11(17-12)15(3,4)5/h6-7H,1-5H3,(H,19,20)(H,16,17,18). The van der Waals surface area contributed by atoms with Crippen LogP contribution in [-0.4, -0.2) is 21.0 Å². The molecule has 0 atom stereocenters. The number of hydrogen-bond acceptors (Lipinski definition) is 5. The number of rotatable bonds is 3. The summed E-state index contributed by atoms with van der Waals surface area (Å²) < 4.78 is 0. The van der Waals surface area contributed by atoms with Crippen molar-refractivity contribution in [3.63, 3.8) is 0 Å². The number of carbonyl (C=O) groups is 1. The number of aromatic carboxylic acids is 1. The SMILES string of the molecule is Cc1nc(Nc2cc(C(=O)O)cc(C(C)(C)C)n2)sc1C. The average molecular weight is 305 g/mol. The van der Waals surface area contributed by atoms with E-state index in [2.05, 4.69) is 15.3 Å². The number of aromatic nitrogens is 2. The fourth-order valence-electron chi connectivity index (χ4n) is 1.74. The Hall–Kier alpha value is -1.95. The van der Waals surface area contributed by atoms with E-state index >= 15 is 0 Å². The van der Waals surface area contributed by atoms with E-state index in [0.717, 1.165) is 21.4 Å². The molecule has 0 aliphatic rings.